The highest BCUT2D eigenvalue weighted by Crippen LogP contribution is 2.10. The van der Waals surface area contributed by atoms with Gasteiger partial charge >= 0.3 is 0 Å². The summed E-state index contributed by atoms with van der Waals surface area (Å²) in [6.45, 7) is 4.58. The first-order valence-electron chi connectivity index (χ1n) is 6.46. The highest BCUT2D eigenvalue weighted by atomic mass is 16.2. The predicted molar refractivity (Wildman–Crippen MR) is 69.0 cm³/mol. The van der Waals surface area contributed by atoms with E-state index in [-0.39, 0.29) is 11.8 Å². The lowest BCUT2D eigenvalue weighted by Gasteiger charge is -2.22. The largest absolute Gasteiger partial charge is 0.344 e. The maximum atomic E-state index is 12.3. The van der Waals surface area contributed by atoms with Crippen molar-refractivity contribution in [3.63, 3.8) is 0 Å². The molecule has 1 saturated heterocycles. The highest BCUT2D eigenvalue weighted by molar-refractivity contribution is 5.89. The Morgan fingerprint density at radius 2 is 2.16 bits per heavy atom. The molecule has 1 aromatic rings. The molecule has 0 aliphatic carbocycles. The molecule has 1 fully saturated rings. The van der Waals surface area contributed by atoms with Crippen molar-refractivity contribution in [1.82, 2.24) is 20.2 Å². The van der Waals surface area contributed by atoms with Gasteiger partial charge in [0.25, 0.3) is 0 Å². The molecule has 2 heterocycles. The Labute approximate surface area is 112 Å². The van der Waals surface area contributed by atoms with Crippen LogP contribution in [0.3, 0.4) is 0 Å². The zero-order valence-corrected chi connectivity index (χ0v) is 11.2. The minimum Gasteiger partial charge on any atom is -0.344 e. The number of aryl methyl sites for hydroxylation is 1. The second-order valence-corrected chi connectivity index (χ2v) is 4.69. The Kier molecular flexibility index (Phi) is 4.09. The molecule has 0 saturated carbocycles. The summed E-state index contributed by atoms with van der Waals surface area (Å²) in [4.78, 5) is 33.9. The number of hydrogen-bond acceptors (Lipinski definition) is 4. The molecular weight excluding hydrogens is 244 g/mol. The van der Waals surface area contributed by atoms with Crippen LogP contribution in [0.15, 0.2) is 12.4 Å². The van der Waals surface area contributed by atoms with Crippen LogP contribution in [0.2, 0.25) is 0 Å². The molecule has 1 atom stereocenters. The lowest BCUT2D eigenvalue weighted by molar-refractivity contribution is -0.134. The van der Waals surface area contributed by atoms with Crippen LogP contribution in [-0.4, -0.2) is 39.3 Å². The SMILES string of the molecule is CCC1NC(=O)CCN(Cc2cnc(C)cn2)C1=O. The number of carbonyl (C=O) groups excluding carboxylic acids is 2. The van der Waals surface area contributed by atoms with E-state index in [1.54, 1.807) is 17.3 Å². The summed E-state index contributed by atoms with van der Waals surface area (Å²) in [6, 6.07) is -0.423. The van der Waals surface area contributed by atoms with Crippen LogP contribution in [-0.2, 0) is 16.1 Å². The van der Waals surface area contributed by atoms with Gasteiger partial charge in [0.05, 0.1) is 24.1 Å². The van der Waals surface area contributed by atoms with Gasteiger partial charge in [0, 0.05) is 19.2 Å². The molecule has 0 aromatic carbocycles. The summed E-state index contributed by atoms with van der Waals surface area (Å²) in [5.41, 5.74) is 1.58. The van der Waals surface area contributed by atoms with E-state index in [9.17, 15) is 9.59 Å². The molecule has 1 aliphatic heterocycles. The lowest BCUT2D eigenvalue weighted by atomic mass is 10.2. The van der Waals surface area contributed by atoms with Crippen molar-refractivity contribution in [2.75, 3.05) is 6.54 Å². The second-order valence-electron chi connectivity index (χ2n) is 4.69. The smallest absolute Gasteiger partial charge is 0.245 e. The molecule has 6 heteroatoms. The molecule has 19 heavy (non-hydrogen) atoms. The summed E-state index contributed by atoms with van der Waals surface area (Å²) >= 11 is 0. The van der Waals surface area contributed by atoms with E-state index in [2.05, 4.69) is 15.3 Å². The average Bonchev–Trinajstić information content (AvgIpc) is 2.54. The van der Waals surface area contributed by atoms with Gasteiger partial charge in [0.2, 0.25) is 11.8 Å². The monoisotopic (exact) mass is 262 g/mol. The molecule has 0 spiro atoms. The first-order valence-corrected chi connectivity index (χ1v) is 6.46. The topological polar surface area (TPSA) is 75.2 Å². The summed E-state index contributed by atoms with van der Waals surface area (Å²) in [5, 5.41) is 2.74. The minimum atomic E-state index is -0.423. The molecule has 1 N–H and O–H groups in total. The predicted octanol–water partition coefficient (Wildman–Crippen LogP) is 0.412. The van der Waals surface area contributed by atoms with Crippen molar-refractivity contribution in [2.24, 2.45) is 0 Å². The van der Waals surface area contributed by atoms with Crippen molar-refractivity contribution >= 4 is 11.8 Å². The van der Waals surface area contributed by atoms with Crippen LogP contribution in [0.5, 0.6) is 0 Å². The lowest BCUT2D eigenvalue weighted by Crippen LogP contribution is -2.44. The molecule has 0 radical (unpaired) electrons. The summed E-state index contributed by atoms with van der Waals surface area (Å²) in [5.74, 6) is -0.117. The maximum absolute atomic E-state index is 12.3. The van der Waals surface area contributed by atoms with E-state index in [1.165, 1.54) is 0 Å². The number of aromatic nitrogens is 2. The quantitative estimate of drug-likeness (QED) is 0.856. The number of hydrogen-bond donors (Lipinski definition) is 1. The Morgan fingerprint density at radius 1 is 1.37 bits per heavy atom. The van der Waals surface area contributed by atoms with Crippen molar-refractivity contribution < 1.29 is 9.59 Å². The third-order valence-electron chi connectivity index (χ3n) is 3.15. The second kappa shape index (κ2) is 5.77. The fraction of sp³-hybridized carbons (Fsp3) is 0.538. The van der Waals surface area contributed by atoms with Gasteiger partial charge in [-0.2, -0.15) is 0 Å². The zero-order chi connectivity index (χ0) is 13.8. The van der Waals surface area contributed by atoms with Crippen LogP contribution in [0.1, 0.15) is 31.2 Å². The normalized spacial score (nSPS) is 20.1. The van der Waals surface area contributed by atoms with Gasteiger partial charge in [-0.25, -0.2) is 0 Å². The highest BCUT2D eigenvalue weighted by Gasteiger charge is 2.28. The Balaban J connectivity index is 2.11. The Bertz CT molecular complexity index is 472. The van der Waals surface area contributed by atoms with Gasteiger partial charge < -0.3 is 10.2 Å². The third-order valence-corrected chi connectivity index (χ3v) is 3.15. The number of carbonyl (C=O) groups is 2. The molecule has 2 amide bonds. The van der Waals surface area contributed by atoms with Crippen molar-refractivity contribution in [1.29, 1.82) is 0 Å². The van der Waals surface area contributed by atoms with E-state index < -0.39 is 6.04 Å². The standard InChI is InChI=1S/C13H18N4O2/c1-3-11-13(19)17(5-4-12(18)16-11)8-10-7-14-9(2)6-15-10/h6-7,11H,3-5,8H2,1-2H3,(H,16,18). The van der Waals surface area contributed by atoms with Crippen LogP contribution in [0, 0.1) is 6.92 Å². The summed E-state index contributed by atoms with van der Waals surface area (Å²) in [7, 11) is 0. The fourth-order valence-electron chi connectivity index (χ4n) is 2.03. The molecule has 2 rings (SSSR count). The van der Waals surface area contributed by atoms with Gasteiger partial charge in [0.1, 0.15) is 6.04 Å². The Hall–Kier alpha value is -1.98. The average molecular weight is 262 g/mol. The molecule has 1 unspecified atom stereocenters. The van der Waals surface area contributed by atoms with Crippen LogP contribution >= 0.6 is 0 Å². The number of nitrogens with one attached hydrogen (secondary N) is 1. The van der Waals surface area contributed by atoms with Crippen molar-refractivity contribution in [3.8, 4) is 0 Å². The van der Waals surface area contributed by atoms with Crippen LogP contribution < -0.4 is 5.32 Å². The fourth-order valence-corrected chi connectivity index (χ4v) is 2.03. The van der Waals surface area contributed by atoms with E-state index in [0.29, 0.717) is 25.9 Å². The number of amides is 2. The molecule has 6 nitrogen and oxygen atoms in total. The van der Waals surface area contributed by atoms with Crippen LogP contribution in [0.4, 0.5) is 0 Å². The maximum Gasteiger partial charge on any atom is 0.245 e. The molecule has 1 aliphatic rings. The first kappa shape index (κ1) is 13.5. The molecule has 102 valence electrons. The zero-order valence-electron chi connectivity index (χ0n) is 11.2. The molecular formula is C13H18N4O2. The van der Waals surface area contributed by atoms with Crippen molar-refractivity contribution in [2.45, 2.75) is 39.3 Å². The van der Waals surface area contributed by atoms with E-state index in [4.69, 9.17) is 0 Å². The van der Waals surface area contributed by atoms with E-state index in [0.717, 1.165) is 11.4 Å². The minimum absolute atomic E-state index is 0.0456. The van der Waals surface area contributed by atoms with Gasteiger partial charge in [0.15, 0.2) is 0 Å². The van der Waals surface area contributed by atoms with E-state index >= 15 is 0 Å². The van der Waals surface area contributed by atoms with Gasteiger partial charge in [-0.05, 0) is 13.3 Å². The first-order chi connectivity index (χ1) is 9.10. The summed E-state index contributed by atoms with van der Waals surface area (Å²) < 4.78 is 0. The number of rotatable bonds is 3. The van der Waals surface area contributed by atoms with Gasteiger partial charge in [-0.1, -0.05) is 6.92 Å². The van der Waals surface area contributed by atoms with Gasteiger partial charge in [-0.15, -0.1) is 0 Å². The van der Waals surface area contributed by atoms with Crippen molar-refractivity contribution in [3.05, 3.63) is 23.8 Å². The third kappa shape index (κ3) is 3.27. The van der Waals surface area contributed by atoms with Gasteiger partial charge in [-0.3, -0.25) is 19.6 Å². The molecule has 1 aromatic heterocycles. The van der Waals surface area contributed by atoms with E-state index in [1.807, 2.05) is 13.8 Å². The van der Waals surface area contributed by atoms with Crippen LogP contribution in [0.25, 0.3) is 0 Å². The number of nitrogens with zero attached hydrogens (tertiary/aromatic N) is 3. The molecule has 0 bridgehead atoms. The Morgan fingerprint density at radius 3 is 2.79 bits per heavy atom. The summed E-state index contributed by atoms with van der Waals surface area (Å²) in [6.07, 6.45) is 4.28.